The summed E-state index contributed by atoms with van der Waals surface area (Å²) in [4.78, 5) is 0. The van der Waals surface area contributed by atoms with E-state index in [1.165, 1.54) is 16.7 Å². The number of rotatable bonds is 2. The zero-order valence-corrected chi connectivity index (χ0v) is 17.3. The zero-order valence-electron chi connectivity index (χ0n) is 16.3. The Morgan fingerprint density at radius 1 is 0.720 bits per heavy atom. The normalized spacial score (nSPS) is 20.4. The molecule has 0 aliphatic carbocycles. The molecule has 2 heteroatoms. The molecule has 0 fully saturated rings. The maximum absolute atomic E-state index is 7.08. The first-order chi connectivity index (χ1) is 11.7. The summed E-state index contributed by atoms with van der Waals surface area (Å²) in [5.74, 6) is 0. The van der Waals surface area contributed by atoms with Gasteiger partial charge in [-0.05, 0) is 26.8 Å². The monoisotopic (exact) mass is 350 g/mol. The van der Waals surface area contributed by atoms with Crippen LogP contribution in [0.3, 0.4) is 0 Å². The zero-order chi connectivity index (χ0) is 18.3. The van der Waals surface area contributed by atoms with Crippen LogP contribution < -0.4 is 0 Å². The van der Waals surface area contributed by atoms with Gasteiger partial charge in [-0.2, -0.15) is 0 Å². The number of benzene rings is 2. The van der Waals surface area contributed by atoms with Crippen LogP contribution in [0, 0.1) is 0 Å². The van der Waals surface area contributed by atoms with Crippen molar-refractivity contribution in [2.45, 2.75) is 57.7 Å². The number of hydrogen-bond donors (Lipinski definition) is 0. The average molecular weight is 351 g/mol. The Bertz CT molecular complexity index is 734. The molecule has 0 saturated carbocycles. The summed E-state index contributed by atoms with van der Waals surface area (Å²) in [6.07, 6.45) is 0.0220. The molecule has 1 unspecified atom stereocenters. The summed E-state index contributed by atoms with van der Waals surface area (Å²) < 4.78 is 7.08. The average Bonchev–Trinajstić information content (AvgIpc) is 2.98. The molecule has 0 spiro atoms. The van der Waals surface area contributed by atoms with Gasteiger partial charge < -0.3 is 4.43 Å². The summed E-state index contributed by atoms with van der Waals surface area (Å²) in [7, 11) is -2.19. The van der Waals surface area contributed by atoms with E-state index >= 15 is 0 Å². The summed E-state index contributed by atoms with van der Waals surface area (Å²) in [5.41, 5.74) is 6.41. The summed E-state index contributed by atoms with van der Waals surface area (Å²) in [6.45, 7) is 14.1. The third-order valence-electron chi connectivity index (χ3n) is 5.38. The Balaban J connectivity index is 2.20. The van der Waals surface area contributed by atoms with Crippen LogP contribution in [0.1, 0.15) is 58.8 Å². The van der Waals surface area contributed by atoms with Crippen molar-refractivity contribution in [1.82, 2.24) is 0 Å². The van der Waals surface area contributed by atoms with E-state index in [-0.39, 0.29) is 16.2 Å². The van der Waals surface area contributed by atoms with Crippen LogP contribution in [0.2, 0.25) is 10.1 Å². The lowest BCUT2D eigenvalue weighted by Crippen LogP contribution is -2.51. The third-order valence-corrected chi connectivity index (χ3v) is 11.2. The Kier molecular flexibility index (Phi) is 4.55. The van der Waals surface area contributed by atoms with Crippen molar-refractivity contribution in [2.75, 3.05) is 0 Å². The Hall–Kier alpha value is -1.64. The lowest BCUT2D eigenvalue weighted by Gasteiger charge is -2.47. The van der Waals surface area contributed by atoms with Crippen LogP contribution in [-0.4, -0.2) is 8.32 Å². The molecule has 1 aliphatic rings. The molecule has 3 rings (SSSR count). The maximum atomic E-state index is 7.08. The van der Waals surface area contributed by atoms with Crippen LogP contribution >= 0.6 is 0 Å². The molecule has 2 aromatic carbocycles. The standard InChI is InChI=1S/C23H30OSi/c1-22(2,3)25(23(4,5)6)17-20(18-13-9-7-10-14-18)21(24-25)19-15-11-8-12-16-19/h7-17,21H,1-6H3. The van der Waals surface area contributed by atoms with E-state index < -0.39 is 8.32 Å². The fourth-order valence-electron chi connectivity index (χ4n) is 4.23. The van der Waals surface area contributed by atoms with E-state index in [1.807, 2.05) is 0 Å². The van der Waals surface area contributed by atoms with Gasteiger partial charge in [-0.25, -0.2) is 0 Å². The summed E-state index contributed by atoms with van der Waals surface area (Å²) in [5, 5.41) is 0.240. The highest BCUT2D eigenvalue weighted by Crippen LogP contribution is 2.59. The molecular weight excluding hydrogens is 320 g/mol. The molecule has 1 nitrogen and oxygen atoms in total. The minimum Gasteiger partial charge on any atom is -0.401 e. The van der Waals surface area contributed by atoms with E-state index in [1.54, 1.807) is 0 Å². The summed E-state index contributed by atoms with van der Waals surface area (Å²) in [6, 6.07) is 21.4. The predicted octanol–water partition coefficient (Wildman–Crippen LogP) is 6.93. The first-order valence-corrected chi connectivity index (χ1v) is 11.2. The van der Waals surface area contributed by atoms with Crippen molar-refractivity contribution in [3.63, 3.8) is 0 Å². The van der Waals surface area contributed by atoms with Crippen molar-refractivity contribution in [3.8, 4) is 0 Å². The molecule has 1 atom stereocenters. The second kappa shape index (κ2) is 6.26. The van der Waals surface area contributed by atoms with Gasteiger partial charge in [-0.3, -0.25) is 0 Å². The molecule has 2 aromatic rings. The van der Waals surface area contributed by atoms with Crippen LogP contribution in [0.25, 0.3) is 5.57 Å². The minimum atomic E-state index is -2.19. The quantitative estimate of drug-likeness (QED) is 0.534. The van der Waals surface area contributed by atoms with Crippen molar-refractivity contribution in [1.29, 1.82) is 0 Å². The van der Waals surface area contributed by atoms with Crippen molar-refractivity contribution in [2.24, 2.45) is 0 Å². The van der Waals surface area contributed by atoms with E-state index in [0.717, 1.165) is 0 Å². The summed E-state index contributed by atoms with van der Waals surface area (Å²) >= 11 is 0. The molecule has 1 aliphatic heterocycles. The van der Waals surface area contributed by atoms with Gasteiger partial charge in [0.05, 0.1) is 6.10 Å². The third kappa shape index (κ3) is 3.14. The van der Waals surface area contributed by atoms with Gasteiger partial charge >= 0.3 is 0 Å². The van der Waals surface area contributed by atoms with Crippen LogP contribution in [0.15, 0.2) is 66.4 Å². The van der Waals surface area contributed by atoms with E-state index in [4.69, 9.17) is 4.43 Å². The molecular formula is C23H30OSi. The SMILES string of the molecule is CC(C)(C)[Si]1(C(C)(C)C)C=C(c2ccccc2)C(c2ccccc2)O1. The van der Waals surface area contributed by atoms with Crippen molar-refractivity contribution in [3.05, 3.63) is 77.5 Å². The van der Waals surface area contributed by atoms with Gasteiger partial charge in [0.15, 0.2) is 0 Å². The smallest absolute Gasteiger partial charge is 0.229 e. The Morgan fingerprint density at radius 2 is 1.20 bits per heavy atom. The molecule has 25 heavy (non-hydrogen) atoms. The molecule has 0 saturated heterocycles. The largest absolute Gasteiger partial charge is 0.401 e. The molecule has 0 radical (unpaired) electrons. The first kappa shape index (κ1) is 18.2. The second-order valence-electron chi connectivity index (χ2n) is 9.11. The minimum absolute atomic E-state index is 0.0220. The molecule has 0 N–H and O–H groups in total. The lowest BCUT2D eigenvalue weighted by atomic mass is 9.97. The Labute approximate surface area is 153 Å². The van der Waals surface area contributed by atoms with E-state index in [9.17, 15) is 0 Å². The van der Waals surface area contributed by atoms with Gasteiger partial charge in [0.1, 0.15) is 0 Å². The highest BCUT2D eigenvalue weighted by atomic mass is 28.4. The van der Waals surface area contributed by atoms with E-state index in [2.05, 4.69) is 108 Å². The van der Waals surface area contributed by atoms with Gasteiger partial charge in [-0.15, -0.1) is 0 Å². The maximum Gasteiger partial charge on any atom is 0.229 e. The Morgan fingerprint density at radius 3 is 1.68 bits per heavy atom. The topological polar surface area (TPSA) is 9.23 Å². The fraction of sp³-hybridized carbons (Fsp3) is 0.391. The van der Waals surface area contributed by atoms with Crippen LogP contribution in [-0.2, 0) is 4.43 Å². The fourth-order valence-corrected chi connectivity index (χ4v) is 9.51. The van der Waals surface area contributed by atoms with Gasteiger partial charge in [0.25, 0.3) is 0 Å². The first-order valence-electron chi connectivity index (χ1n) is 9.17. The van der Waals surface area contributed by atoms with Crippen LogP contribution in [0.5, 0.6) is 0 Å². The molecule has 132 valence electrons. The molecule has 0 aromatic heterocycles. The molecule has 1 heterocycles. The van der Waals surface area contributed by atoms with Crippen molar-refractivity contribution >= 4 is 13.9 Å². The highest BCUT2D eigenvalue weighted by Gasteiger charge is 2.58. The highest BCUT2D eigenvalue weighted by molar-refractivity contribution is 6.85. The van der Waals surface area contributed by atoms with Gasteiger partial charge in [-0.1, -0.05) is 108 Å². The number of hydrogen-bond acceptors (Lipinski definition) is 1. The van der Waals surface area contributed by atoms with Crippen LogP contribution in [0.4, 0.5) is 0 Å². The van der Waals surface area contributed by atoms with Gasteiger partial charge in [0, 0.05) is 0 Å². The van der Waals surface area contributed by atoms with Crippen molar-refractivity contribution < 1.29 is 4.43 Å². The lowest BCUT2D eigenvalue weighted by molar-refractivity contribution is 0.232. The van der Waals surface area contributed by atoms with Gasteiger partial charge in [0.2, 0.25) is 8.32 Å². The molecule has 0 bridgehead atoms. The predicted molar refractivity (Wildman–Crippen MR) is 110 cm³/mol. The van der Waals surface area contributed by atoms with E-state index in [0.29, 0.717) is 0 Å². The second-order valence-corrected chi connectivity index (χ2v) is 14.1. The molecule has 0 amide bonds.